The first-order chi connectivity index (χ1) is 9.78. The molecule has 2 heterocycles. The van der Waals surface area contributed by atoms with Gasteiger partial charge >= 0.3 is 0 Å². The van der Waals surface area contributed by atoms with Gasteiger partial charge in [-0.05, 0) is 31.7 Å². The number of fused-ring (bicyclic) bond motifs is 1. The van der Waals surface area contributed by atoms with Crippen molar-refractivity contribution in [3.63, 3.8) is 0 Å². The van der Waals surface area contributed by atoms with Gasteiger partial charge in [-0.3, -0.25) is 20.9 Å². The summed E-state index contributed by atoms with van der Waals surface area (Å²) >= 11 is 1.56. The molecule has 0 bridgehead atoms. The molecule has 2 aromatic rings. The Hall–Kier alpha value is -1.99. The van der Waals surface area contributed by atoms with E-state index in [-0.39, 0.29) is 5.91 Å². The predicted molar refractivity (Wildman–Crippen MR) is 78.8 cm³/mol. The van der Waals surface area contributed by atoms with E-state index in [1.165, 1.54) is 23.9 Å². The second kappa shape index (κ2) is 5.56. The molecule has 6 nitrogen and oxygen atoms in total. The molecule has 0 unspecified atom stereocenters. The highest BCUT2D eigenvalue weighted by Gasteiger charge is 2.18. The Morgan fingerprint density at radius 1 is 1.35 bits per heavy atom. The zero-order valence-corrected chi connectivity index (χ0v) is 11.7. The lowest BCUT2D eigenvalue weighted by atomic mass is 10.0. The van der Waals surface area contributed by atoms with Crippen molar-refractivity contribution < 1.29 is 4.79 Å². The Kier molecular flexibility index (Phi) is 3.62. The smallest absolute Gasteiger partial charge is 0.259 e. The molecular formula is C13H15N5OS. The number of aryl methyl sites for hydroxylation is 2. The molecule has 7 heteroatoms. The molecule has 0 fully saturated rings. The fourth-order valence-corrected chi connectivity index (χ4v) is 3.32. The third kappa shape index (κ3) is 2.50. The van der Waals surface area contributed by atoms with Gasteiger partial charge in [-0.2, -0.15) is 0 Å². The molecule has 0 radical (unpaired) electrons. The number of pyridine rings is 1. The Morgan fingerprint density at radius 3 is 3.00 bits per heavy atom. The number of aromatic nitrogens is 2. The summed E-state index contributed by atoms with van der Waals surface area (Å²) in [6.45, 7) is 0. The van der Waals surface area contributed by atoms with Gasteiger partial charge < -0.3 is 5.43 Å². The second-order valence-corrected chi connectivity index (χ2v) is 5.70. The normalized spacial score (nSPS) is 13.7. The highest BCUT2D eigenvalue weighted by Crippen LogP contribution is 2.30. The molecule has 0 spiro atoms. The van der Waals surface area contributed by atoms with Crippen LogP contribution in [0.3, 0.4) is 0 Å². The van der Waals surface area contributed by atoms with Gasteiger partial charge in [-0.1, -0.05) is 0 Å². The maximum atomic E-state index is 12.2. The summed E-state index contributed by atoms with van der Waals surface area (Å²) in [7, 11) is 0. The number of hydrogen-bond donors (Lipinski definition) is 3. The number of thiazole rings is 1. The molecule has 0 aromatic carbocycles. The van der Waals surface area contributed by atoms with Gasteiger partial charge in [0.1, 0.15) is 0 Å². The minimum absolute atomic E-state index is 0.230. The fraction of sp³-hybridized carbons (Fsp3) is 0.308. The first-order valence-electron chi connectivity index (χ1n) is 6.48. The van der Waals surface area contributed by atoms with Crippen molar-refractivity contribution in [2.24, 2.45) is 5.84 Å². The molecule has 0 saturated heterocycles. The summed E-state index contributed by atoms with van der Waals surface area (Å²) in [6.07, 6.45) is 7.52. The summed E-state index contributed by atoms with van der Waals surface area (Å²) in [6, 6.07) is 1.62. The number of rotatable bonds is 3. The number of nitrogens with one attached hydrogen (secondary N) is 2. The molecule has 0 saturated carbocycles. The predicted octanol–water partition coefficient (Wildman–Crippen LogP) is 1.95. The van der Waals surface area contributed by atoms with Crippen LogP contribution in [0.15, 0.2) is 18.5 Å². The van der Waals surface area contributed by atoms with Gasteiger partial charge in [0.2, 0.25) is 0 Å². The maximum absolute atomic E-state index is 12.2. The van der Waals surface area contributed by atoms with E-state index in [0.717, 1.165) is 18.5 Å². The van der Waals surface area contributed by atoms with Crippen LogP contribution in [0.25, 0.3) is 0 Å². The average Bonchev–Trinajstić information content (AvgIpc) is 2.89. The number of nitrogens with zero attached hydrogens (tertiary/aromatic N) is 2. The van der Waals surface area contributed by atoms with Gasteiger partial charge in [0.05, 0.1) is 23.1 Å². The van der Waals surface area contributed by atoms with Gasteiger partial charge in [0, 0.05) is 11.1 Å². The summed E-state index contributed by atoms with van der Waals surface area (Å²) in [5.41, 5.74) is 4.55. The molecule has 3 rings (SSSR count). The molecule has 4 N–H and O–H groups in total. The minimum Gasteiger partial charge on any atom is -0.322 e. The van der Waals surface area contributed by atoms with E-state index in [1.54, 1.807) is 23.6 Å². The molecule has 20 heavy (non-hydrogen) atoms. The van der Waals surface area contributed by atoms with Crippen molar-refractivity contribution in [1.82, 2.24) is 9.97 Å². The van der Waals surface area contributed by atoms with Crippen LogP contribution in [0.5, 0.6) is 0 Å². The van der Waals surface area contributed by atoms with Crippen molar-refractivity contribution in [3.05, 3.63) is 34.6 Å². The van der Waals surface area contributed by atoms with Crippen LogP contribution in [0, 0.1) is 0 Å². The third-order valence-corrected chi connectivity index (χ3v) is 4.36. The lowest BCUT2D eigenvalue weighted by Gasteiger charge is -2.06. The van der Waals surface area contributed by atoms with E-state index in [9.17, 15) is 4.79 Å². The molecule has 0 atom stereocenters. The Balaban J connectivity index is 1.80. The molecule has 104 valence electrons. The van der Waals surface area contributed by atoms with Gasteiger partial charge in [0.15, 0.2) is 5.13 Å². The quantitative estimate of drug-likeness (QED) is 0.593. The number of carbonyl (C=O) groups excluding carboxylic acids is 1. The third-order valence-electron chi connectivity index (χ3n) is 3.29. The molecule has 2 aromatic heterocycles. The van der Waals surface area contributed by atoms with Crippen LogP contribution in [-0.2, 0) is 12.8 Å². The fourth-order valence-electron chi connectivity index (χ4n) is 2.28. The van der Waals surface area contributed by atoms with Gasteiger partial charge in [0.25, 0.3) is 5.91 Å². The highest BCUT2D eigenvalue weighted by molar-refractivity contribution is 7.15. The van der Waals surface area contributed by atoms with E-state index in [4.69, 9.17) is 5.84 Å². The van der Waals surface area contributed by atoms with Crippen molar-refractivity contribution in [1.29, 1.82) is 0 Å². The van der Waals surface area contributed by atoms with Crippen LogP contribution in [0.1, 0.15) is 33.8 Å². The van der Waals surface area contributed by atoms with E-state index in [2.05, 4.69) is 20.7 Å². The molecule has 1 aliphatic carbocycles. The monoisotopic (exact) mass is 289 g/mol. The summed E-state index contributed by atoms with van der Waals surface area (Å²) in [4.78, 5) is 21.9. The first kappa shape index (κ1) is 13.0. The van der Waals surface area contributed by atoms with Crippen LogP contribution in [0.2, 0.25) is 0 Å². The summed E-state index contributed by atoms with van der Waals surface area (Å²) in [5.74, 6) is 5.15. The van der Waals surface area contributed by atoms with E-state index >= 15 is 0 Å². The van der Waals surface area contributed by atoms with Crippen LogP contribution < -0.4 is 16.6 Å². The zero-order valence-electron chi connectivity index (χ0n) is 10.8. The Morgan fingerprint density at radius 2 is 2.20 bits per heavy atom. The van der Waals surface area contributed by atoms with Crippen molar-refractivity contribution in [2.45, 2.75) is 25.7 Å². The summed E-state index contributed by atoms with van der Waals surface area (Å²) in [5, 5.41) is 3.49. The number of hydrogen-bond acceptors (Lipinski definition) is 6. The standard InChI is InChI=1S/C13H15N5OS/c14-18-10-7-15-6-5-8(10)12(19)17-13-16-9-3-1-2-4-11(9)20-13/h5-7,18H,1-4,14H2,(H,16,17,19). The summed E-state index contributed by atoms with van der Waals surface area (Å²) < 4.78 is 0. The van der Waals surface area contributed by atoms with Crippen molar-refractivity contribution in [2.75, 3.05) is 10.7 Å². The molecular weight excluding hydrogens is 274 g/mol. The Bertz CT molecular complexity index is 616. The van der Waals surface area contributed by atoms with Crippen LogP contribution in [0.4, 0.5) is 10.8 Å². The largest absolute Gasteiger partial charge is 0.322 e. The maximum Gasteiger partial charge on any atom is 0.259 e. The lowest BCUT2D eigenvalue weighted by Crippen LogP contribution is -2.17. The number of amides is 1. The molecule has 0 aliphatic heterocycles. The van der Waals surface area contributed by atoms with Crippen LogP contribution >= 0.6 is 11.3 Å². The Labute approximate surface area is 120 Å². The lowest BCUT2D eigenvalue weighted by molar-refractivity contribution is 0.102. The highest BCUT2D eigenvalue weighted by atomic mass is 32.1. The van der Waals surface area contributed by atoms with Gasteiger partial charge in [-0.25, -0.2) is 4.98 Å². The zero-order chi connectivity index (χ0) is 13.9. The van der Waals surface area contributed by atoms with E-state index in [0.29, 0.717) is 16.4 Å². The first-order valence-corrected chi connectivity index (χ1v) is 7.30. The number of nitrogen functional groups attached to an aromatic ring is 1. The van der Waals surface area contributed by atoms with Crippen LogP contribution in [-0.4, -0.2) is 15.9 Å². The number of hydrazine groups is 1. The number of nitrogens with two attached hydrogens (primary N) is 1. The van der Waals surface area contributed by atoms with E-state index in [1.807, 2.05) is 0 Å². The molecule has 1 amide bonds. The second-order valence-electron chi connectivity index (χ2n) is 4.62. The number of anilines is 2. The minimum atomic E-state index is -0.230. The van der Waals surface area contributed by atoms with Crippen molar-refractivity contribution in [3.8, 4) is 0 Å². The molecule has 1 aliphatic rings. The van der Waals surface area contributed by atoms with E-state index < -0.39 is 0 Å². The van der Waals surface area contributed by atoms with Crippen molar-refractivity contribution >= 4 is 28.1 Å². The van der Waals surface area contributed by atoms with Gasteiger partial charge in [-0.15, -0.1) is 11.3 Å². The SMILES string of the molecule is NNc1cnccc1C(=O)Nc1nc2c(s1)CCCC2. The average molecular weight is 289 g/mol. The number of carbonyl (C=O) groups is 1. The topological polar surface area (TPSA) is 92.9 Å².